The van der Waals surface area contributed by atoms with Crippen LogP contribution in [-0.2, 0) is 13.0 Å². The van der Waals surface area contributed by atoms with Gasteiger partial charge in [0, 0.05) is 18.8 Å². The third kappa shape index (κ3) is 4.57. The molecule has 1 N–H and O–H groups in total. The Hall–Kier alpha value is -3.34. The van der Waals surface area contributed by atoms with Crippen LogP contribution in [0.15, 0.2) is 66.9 Å². The molecule has 0 unspecified atom stereocenters. The van der Waals surface area contributed by atoms with E-state index in [2.05, 4.69) is 28.5 Å². The number of pyridine rings is 1. The molecule has 148 valence electrons. The van der Waals surface area contributed by atoms with E-state index in [1.807, 2.05) is 55.1 Å². The summed E-state index contributed by atoms with van der Waals surface area (Å²) in [6.45, 7) is 5.37. The summed E-state index contributed by atoms with van der Waals surface area (Å²) < 4.78 is 5.66. The summed E-state index contributed by atoms with van der Waals surface area (Å²) in [4.78, 5) is 19.1. The second-order valence-electron chi connectivity index (χ2n) is 7.49. The molecule has 4 rings (SSSR count). The highest BCUT2D eigenvalue weighted by molar-refractivity contribution is 5.92. The highest BCUT2D eigenvalue weighted by atomic mass is 16.5. The monoisotopic (exact) mass is 387 g/mol. The van der Waals surface area contributed by atoms with Crippen molar-refractivity contribution in [3.05, 3.63) is 83.7 Å². The van der Waals surface area contributed by atoms with Crippen LogP contribution >= 0.6 is 0 Å². The molecule has 0 radical (unpaired) electrons. The lowest BCUT2D eigenvalue weighted by molar-refractivity contribution is 0.0729. The van der Waals surface area contributed by atoms with Crippen LogP contribution in [0.5, 0.6) is 5.75 Å². The SMILES string of the molecule is CC(C)Oc1ccc(Nc2ccc(C(=O)N3CCc4ccccc4C3)nc2)cc1. The van der Waals surface area contributed by atoms with E-state index in [1.165, 1.54) is 11.1 Å². The van der Waals surface area contributed by atoms with Gasteiger partial charge in [-0.1, -0.05) is 24.3 Å². The number of aromatic nitrogens is 1. The van der Waals surface area contributed by atoms with E-state index in [4.69, 9.17) is 4.74 Å². The topological polar surface area (TPSA) is 54.5 Å². The van der Waals surface area contributed by atoms with Gasteiger partial charge in [-0.15, -0.1) is 0 Å². The lowest BCUT2D eigenvalue weighted by Crippen LogP contribution is -2.36. The van der Waals surface area contributed by atoms with Crippen molar-refractivity contribution in [2.24, 2.45) is 0 Å². The maximum absolute atomic E-state index is 12.8. The van der Waals surface area contributed by atoms with Gasteiger partial charge in [0.2, 0.25) is 0 Å². The molecule has 29 heavy (non-hydrogen) atoms. The zero-order valence-corrected chi connectivity index (χ0v) is 16.8. The summed E-state index contributed by atoms with van der Waals surface area (Å²) in [6, 6.07) is 19.7. The maximum atomic E-state index is 12.8. The minimum absolute atomic E-state index is 0.0266. The van der Waals surface area contributed by atoms with Crippen LogP contribution in [0, 0.1) is 0 Å². The van der Waals surface area contributed by atoms with E-state index in [0.717, 1.165) is 30.1 Å². The molecule has 5 nitrogen and oxygen atoms in total. The molecular weight excluding hydrogens is 362 g/mol. The minimum atomic E-state index is -0.0266. The predicted octanol–water partition coefficient (Wildman–Crippen LogP) is 4.81. The smallest absolute Gasteiger partial charge is 0.272 e. The van der Waals surface area contributed by atoms with Gasteiger partial charge >= 0.3 is 0 Å². The molecule has 1 aliphatic heterocycles. The van der Waals surface area contributed by atoms with Crippen molar-refractivity contribution in [3.63, 3.8) is 0 Å². The summed E-state index contributed by atoms with van der Waals surface area (Å²) in [7, 11) is 0. The van der Waals surface area contributed by atoms with E-state index in [1.54, 1.807) is 12.3 Å². The lowest BCUT2D eigenvalue weighted by Gasteiger charge is -2.28. The average Bonchev–Trinajstić information content (AvgIpc) is 2.74. The first-order valence-electron chi connectivity index (χ1n) is 9.94. The first kappa shape index (κ1) is 19.0. The molecular formula is C24H25N3O2. The Morgan fingerprint density at radius 2 is 1.72 bits per heavy atom. The number of fused-ring (bicyclic) bond motifs is 1. The number of nitrogens with one attached hydrogen (secondary N) is 1. The van der Waals surface area contributed by atoms with Gasteiger partial charge in [0.1, 0.15) is 11.4 Å². The average molecular weight is 387 g/mol. The number of anilines is 2. The molecule has 0 bridgehead atoms. The number of rotatable bonds is 5. The minimum Gasteiger partial charge on any atom is -0.491 e. The van der Waals surface area contributed by atoms with Crippen LogP contribution in [0.25, 0.3) is 0 Å². The standard InChI is InChI=1S/C24H25N3O2/c1-17(2)29-22-10-7-20(8-11-22)26-21-9-12-23(25-15-21)24(28)27-14-13-18-5-3-4-6-19(18)16-27/h3-12,15,17,26H,13-14,16H2,1-2H3. The molecule has 2 aromatic carbocycles. The Morgan fingerprint density at radius 3 is 2.41 bits per heavy atom. The third-order valence-electron chi connectivity index (χ3n) is 4.92. The lowest BCUT2D eigenvalue weighted by atomic mass is 10.00. The van der Waals surface area contributed by atoms with Gasteiger partial charge in [-0.05, 0) is 67.8 Å². The first-order valence-corrected chi connectivity index (χ1v) is 9.94. The summed E-state index contributed by atoms with van der Waals surface area (Å²) in [5, 5.41) is 3.30. The number of nitrogens with zero attached hydrogens (tertiary/aromatic N) is 2. The number of amides is 1. The second-order valence-corrected chi connectivity index (χ2v) is 7.49. The van der Waals surface area contributed by atoms with Crippen LogP contribution in [-0.4, -0.2) is 28.4 Å². The largest absolute Gasteiger partial charge is 0.491 e. The Labute approximate surface area is 171 Å². The highest BCUT2D eigenvalue weighted by Gasteiger charge is 2.22. The zero-order chi connectivity index (χ0) is 20.2. The van der Waals surface area contributed by atoms with Gasteiger partial charge in [0.15, 0.2) is 0 Å². The number of hydrogen-bond donors (Lipinski definition) is 1. The molecule has 1 aromatic heterocycles. The van der Waals surface area contributed by atoms with E-state index >= 15 is 0 Å². The molecule has 5 heteroatoms. The normalized spacial score (nSPS) is 13.1. The van der Waals surface area contributed by atoms with E-state index in [0.29, 0.717) is 12.2 Å². The summed E-state index contributed by atoms with van der Waals surface area (Å²) >= 11 is 0. The Balaban J connectivity index is 1.39. The highest BCUT2D eigenvalue weighted by Crippen LogP contribution is 2.22. The molecule has 0 aliphatic carbocycles. The number of ether oxygens (including phenoxy) is 1. The molecule has 0 spiro atoms. The van der Waals surface area contributed by atoms with Gasteiger partial charge in [0.25, 0.3) is 5.91 Å². The molecule has 1 aliphatic rings. The maximum Gasteiger partial charge on any atom is 0.272 e. The fourth-order valence-corrected chi connectivity index (χ4v) is 3.48. The number of benzene rings is 2. The number of carbonyl (C=O) groups is 1. The van der Waals surface area contributed by atoms with E-state index < -0.39 is 0 Å². The van der Waals surface area contributed by atoms with Crippen molar-refractivity contribution < 1.29 is 9.53 Å². The predicted molar refractivity (Wildman–Crippen MR) is 115 cm³/mol. The fraction of sp³-hybridized carbons (Fsp3) is 0.250. The van der Waals surface area contributed by atoms with Gasteiger partial charge in [-0.2, -0.15) is 0 Å². The quantitative estimate of drug-likeness (QED) is 0.683. The second kappa shape index (κ2) is 8.35. The van der Waals surface area contributed by atoms with Crippen molar-refractivity contribution in [1.82, 2.24) is 9.88 Å². The molecule has 0 saturated carbocycles. The van der Waals surface area contributed by atoms with Gasteiger partial charge in [0.05, 0.1) is 18.0 Å². The van der Waals surface area contributed by atoms with Crippen molar-refractivity contribution in [3.8, 4) is 5.75 Å². The number of carbonyl (C=O) groups excluding carboxylic acids is 1. The van der Waals surface area contributed by atoms with E-state index in [9.17, 15) is 4.79 Å². The Kier molecular flexibility index (Phi) is 5.47. The van der Waals surface area contributed by atoms with Crippen LogP contribution in [0.1, 0.15) is 35.5 Å². The molecule has 3 aromatic rings. The van der Waals surface area contributed by atoms with Crippen molar-refractivity contribution in [1.29, 1.82) is 0 Å². The molecule has 0 atom stereocenters. The number of hydrogen-bond acceptors (Lipinski definition) is 4. The van der Waals surface area contributed by atoms with Crippen LogP contribution in [0.4, 0.5) is 11.4 Å². The molecule has 2 heterocycles. The van der Waals surface area contributed by atoms with Gasteiger partial charge in [-0.25, -0.2) is 4.98 Å². The Morgan fingerprint density at radius 1 is 1.00 bits per heavy atom. The first-order chi connectivity index (χ1) is 14.1. The van der Waals surface area contributed by atoms with Crippen molar-refractivity contribution in [2.45, 2.75) is 32.9 Å². The zero-order valence-electron chi connectivity index (χ0n) is 16.8. The van der Waals surface area contributed by atoms with Crippen LogP contribution in [0.3, 0.4) is 0 Å². The van der Waals surface area contributed by atoms with Crippen LogP contribution < -0.4 is 10.1 Å². The Bertz CT molecular complexity index is 982. The van der Waals surface area contributed by atoms with Gasteiger partial charge < -0.3 is 15.0 Å². The molecule has 1 amide bonds. The van der Waals surface area contributed by atoms with Gasteiger partial charge in [-0.3, -0.25) is 4.79 Å². The summed E-state index contributed by atoms with van der Waals surface area (Å²) in [5.41, 5.74) is 4.79. The van der Waals surface area contributed by atoms with Crippen LogP contribution in [0.2, 0.25) is 0 Å². The fourth-order valence-electron chi connectivity index (χ4n) is 3.48. The summed E-state index contributed by atoms with van der Waals surface area (Å²) in [6.07, 6.45) is 2.73. The van der Waals surface area contributed by atoms with Crippen molar-refractivity contribution >= 4 is 17.3 Å². The molecule has 0 fully saturated rings. The third-order valence-corrected chi connectivity index (χ3v) is 4.92. The van der Waals surface area contributed by atoms with E-state index in [-0.39, 0.29) is 12.0 Å². The summed E-state index contributed by atoms with van der Waals surface area (Å²) in [5.74, 6) is 0.814. The molecule has 0 saturated heterocycles. The van der Waals surface area contributed by atoms with Crippen molar-refractivity contribution in [2.75, 3.05) is 11.9 Å².